The highest BCUT2D eigenvalue weighted by atomic mass is 32.2. The first kappa shape index (κ1) is 21.7. The maximum absolute atomic E-state index is 12.2. The van der Waals surface area contributed by atoms with Crippen molar-refractivity contribution in [1.82, 2.24) is 4.98 Å². The molecule has 1 aromatic heterocycles. The van der Waals surface area contributed by atoms with Gasteiger partial charge in [-0.2, -0.15) is 0 Å². The molecule has 1 heterocycles. The second-order valence-corrected chi connectivity index (χ2v) is 9.44. The number of aromatic nitrogens is 1. The van der Waals surface area contributed by atoms with Gasteiger partial charge < -0.3 is 4.74 Å². The zero-order valence-electron chi connectivity index (χ0n) is 16.7. The number of sulfone groups is 1. The van der Waals surface area contributed by atoms with E-state index in [0.717, 1.165) is 22.6 Å². The lowest BCUT2D eigenvalue weighted by molar-refractivity contribution is -0.111. The number of carbonyl (C=O) groups is 1. The molecule has 3 rings (SSSR count). The standard InChI is InChI=1S/C22H22N2O4S2/c1-3-14-30(26,27)19-11-4-16(5-12-19)6-13-21(25)24-22-23-20(15-29-22)17-7-9-18(28-2)10-8-17/h4-13,15H,3,14H2,1-2H3,(H,23,24,25)/b13-6-. The van der Waals surface area contributed by atoms with Gasteiger partial charge in [0.05, 0.1) is 23.5 Å². The monoisotopic (exact) mass is 442 g/mol. The lowest BCUT2D eigenvalue weighted by atomic mass is 10.2. The molecule has 1 N–H and O–H groups in total. The Morgan fingerprint density at radius 2 is 1.83 bits per heavy atom. The van der Waals surface area contributed by atoms with Crippen LogP contribution in [0.1, 0.15) is 18.9 Å². The fourth-order valence-electron chi connectivity index (χ4n) is 2.72. The van der Waals surface area contributed by atoms with Crippen molar-refractivity contribution in [3.05, 3.63) is 65.6 Å². The lowest BCUT2D eigenvalue weighted by Crippen LogP contribution is -2.07. The van der Waals surface area contributed by atoms with Gasteiger partial charge in [0, 0.05) is 17.0 Å². The van der Waals surface area contributed by atoms with Crippen LogP contribution in [0.5, 0.6) is 5.75 Å². The summed E-state index contributed by atoms with van der Waals surface area (Å²) in [5.74, 6) is 0.577. The molecule has 6 nitrogen and oxygen atoms in total. The first-order valence-corrected chi connectivity index (χ1v) is 11.9. The molecular formula is C22H22N2O4S2. The van der Waals surface area contributed by atoms with Crippen molar-refractivity contribution in [3.8, 4) is 17.0 Å². The molecule has 8 heteroatoms. The van der Waals surface area contributed by atoms with Gasteiger partial charge in [0.25, 0.3) is 0 Å². The molecule has 0 bridgehead atoms. The van der Waals surface area contributed by atoms with Crippen LogP contribution in [0.15, 0.2) is 64.9 Å². The number of carbonyl (C=O) groups excluding carboxylic acids is 1. The van der Waals surface area contributed by atoms with Gasteiger partial charge in [0.15, 0.2) is 15.0 Å². The van der Waals surface area contributed by atoms with E-state index in [1.807, 2.05) is 36.6 Å². The molecule has 3 aromatic rings. The highest BCUT2D eigenvalue weighted by molar-refractivity contribution is 7.91. The molecular weight excluding hydrogens is 420 g/mol. The predicted molar refractivity (Wildman–Crippen MR) is 121 cm³/mol. The Hall–Kier alpha value is -2.97. The highest BCUT2D eigenvalue weighted by Gasteiger charge is 2.12. The summed E-state index contributed by atoms with van der Waals surface area (Å²) in [5.41, 5.74) is 2.44. The SMILES string of the molecule is CCCS(=O)(=O)c1ccc(/C=C\C(=O)Nc2nc(-c3ccc(OC)cc3)cs2)cc1. The average molecular weight is 443 g/mol. The number of methoxy groups -OCH3 is 1. The third kappa shape index (κ3) is 5.55. The maximum atomic E-state index is 12.2. The molecule has 0 aliphatic rings. The van der Waals surface area contributed by atoms with Crippen molar-refractivity contribution in [3.63, 3.8) is 0 Å². The molecule has 0 spiro atoms. The molecule has 0 atom stereocenters. The number of benzene rings is 2. The van der Waals surface area contributed by atoms with Crippen molar-refractivity contribution >= 4 is 38.3 Å². The Kier molecular flexibility index (Phi) is 7.02. The largest absolute Gasteiger partial charge is 0.497 e. The van der Waals surface area contributed by atoms with Crippen LogP contribution in [0, 0.1) is 0 Å². The van der Waals surface area contributed by atoms with Crippen molar-refractivity contribution in [2.24, 2.45) is 0 Å². The minimum absolute atomic E-state index is 0.122. The molecule has 0 aliphatic carbocycles. The molecule has 156 valence electrons. The lowest BCUT2D eigenvalue weighted by Gasteiger charge is -2.03. The fourth-order valence-corrected chi connectivity index (χ4v) is 4.76. The summed E-state index contributed by atoms with van der Waals surface area (Å²) in [6.07, 6.45) is 3.59. The van der Waals surface area contributed by atoms with Crippen molar-refractivity contribution < 1.29 is 17.9 Å². The number of hydrogen-bond acceptors (Lipinski definition) is 6. The van der Waals surface area contributed by atoms with Crippen molar-refractivity contribution in [2.45, 2.75) is 18.2 Å². The van der Waals surface area contributed by atoms with Gasteiger partial charge >= 0.3 is 0 Å². The van der Waals surface area contributed by atoms with Crippen LogP contribution in [0.2, 0.25) is 0 Å². The van der Waals surface area contributed by atoms with E-state index >= 15 is 0 Å². The fraction of sp³-hybridized carbons (Fsp3) is 0.182. The summed E-state index contributed by atoms with van der Waals surface area (Å²) in [7, 11) is -1.63. The Bertz CT molecular complexity index is 1130. The van der Waals surface area contributed by atoms with E-state index in [1.54, 1.807) is 37.5 Å². The van der Waals surface area contributed by atoms with Crippen LogP contribution in [0.3, 0.4) is 0 Å². The molecule has 0 radical (unpaired) electrons. The highest BCUT2D eigenvalue weighted by Crippen LogP contribution is 2.26. The number of ether oxygens (including phenoxy) is 1. The van der Waals surface area contributed by atoms with E-state index in [4.69, 9.17) is 4.74 Å². The molecule has 0 aliphatic heterocycles. The third-order valence-corrected chi connectivity index (χ3v) is 6.95. The van der Waals surface area contributed by atoms with Crippen molar-refractivity contribution in [2.75, 3.05) is 18.2 Å². The number of nitrogens with zero attached hydrogens (tertiary/aromatic N) is 1. The van der Waals surface area contributed by atoms with Gasteiger partial charge in [0.2, 0.25) is 5.91 Å². The smallest absolute Gasteiger partial charge is 0.250 e. The molecule has 0 unspecified atom stereocenters. The molecule has 0 fully saturated rings. The number of hydrogen-bond donors (Lipinski definition) is 1. The van der Waals surface area contributed by atoms with Crippen LogP contribution in [-0.2, 0) is 14.6 Å². The zero-order valence-corrected chi connectivity index (χ0v) is 18.3. The number of thiazole rings is 1. The van der Waals surface area contributed by atoms with Gasteiger partial charge in [-0.25, -0.2) is 13.4 Å². The first-order valence-electron chi connectivity index (χ1n) is 9.33. The topological polar surface area (TPSA) is 85.4 Å². The van der Waals surface area contributed by atoms with Crippen LogP contribution in [0.4, 0.5) is 5.13 Å². The summed E-state index contributed by atoms with van der Waals surface area (Å²) in [6.45, 7) is 1.83. The van der Waals surface area contributed by atoms with Crippen molar-refractivity contribution in [1.29, 1.82) is 0 Å². The van der Waals surface area contributed by atoms with Gasteiger partial charge in [-0.05, 0) is 54.5 Å². The second-order valence-electron chi connectivity index (χ2n) is 6.48. The minimum Gasteiger partial charge on any atom is -0.497 e. The summed E-state index contributed by atoms with van der Waals surface area (Å²) in [4.78, 5) is 16.9. The normalized spacial score (nSPS) is 11.5. The Balaban J connectivity index is 1.61. The van der Waals surface area contributed by atoms with E-state index in [2.05, 4.69) is 10.3 Å². The third-order valence-electron chi connectivity index (χ3n) is 4.26. The first-order chi connectivity index (χ1) is 14.4. The van der Waals surface area contributed by atoms with E-state index in [0.29, 0.717) is 16.4 Å². The molecule has 0 saturated heterocycles. The van der Waals surface area contributed by atoms with Crippen LogP contribution in [-0.4, -0.2) is 32.2 Å². The summed E-state index contributed by atoms with van der Waals surface area (Å²) in [6, 6.07) is 14.0. The number of nitrogens with one attached hydrogen (secondary N) is 1. The second kappa shape index (κ2) is 9.69. The minimum atomic E-state index is -3.24. The quantitative estimate of drug-likeness (QED) is 0.513. The summed E-state index contributed by atoms with van der Waals surface area (Å²) >= 11 is 1.34. The van der Waals surface area contributed by atoms with Gasteiger partial charge in [-0.3, -0.25) is 10.1 Å². The van der Waals surface area contributed by atoms with E-state index in [1.165, 1.54) is 17.4 Å². The average Bonchev–Trinajstić information content (AvgIpc) is 3.21. The molecule has 2 aromatic carbocycles. The summed E-state index contributed by atoms with van der Waals surface area (Å²) in [5, 5.41) is 5.11. The van der Waals surface area contributed by atoms with E-state index in [9.17, 15) is 13.2 Å². The predicted octanol–water partition coefficient (Wildman–Crippen LogP) is 4.65. The van der Waals surface area contributed by atoms with Gasteiger partial charge in [-0.15, -0.1) is 11.3 Å². The number of amides is 1. The Morgan fingerprint density at radius 1 is 1.13 bits per heavy atom. The van der Waals surface area contributed by atoms with Gasteiger partial charge in [-0.1, -0.05) is 19.1 Å². The molecule has 1 amide bonds. The Labute approximate surface area is 180 Å². The zero-order chi connectivity index (χ0) is 21.6. The number of anilines is 1. The van der Waals surface area contributed by atoms with Crippen LogP contribution < -0.4 is 10.1 Å². The Morgan fingerprint density at radius 3 is 2.47 bits per heavy atom. The van der Waals surface area contributed by atoms with Crippen LogP contribution >= 0.6 is 11.3 Å². The van der Waals surface area contributed by atoms with E-state index < -0.39 is 9.84 Å². The maximum Gasteiger partial charge on any atom is 0.250 e. The molecule has 30 heavy (non-hydrogen) atoms. The van der Waals surface area contributed by atoms with E-state index in [-0.39, 0.29) is 11.7 Å². The summed E-state index contributed by atoms with van der Waals surface area (Å²) < 4.78 is 29.3. The number of rotatable bonds is 8. The molecule has 0 saturated carbocycles. The van der Waals surface area contributed by atoms with Crippen LogP contribution in [0.25, 0.3) is 17.3 Å². The van der Waals surface area contributed by atoms with Gasteiger partial charge in [0.1, 0.15) is 5.75 Å².